The molecule has 0 spiro atoms. The lowest BCUT2D eigenvalue weighted by Crippen LogP contribution is -2.40. The number of carbonyl (C=O) groups is 1. The van der Waals surface area contributed by atoms with Gasteiger partial charge in [0.05, 0.1) is 0 Å². The van der Waals surface area contributed by atoms with E-state index in [0.717, 1.165) is 31.0 Å². The quantitative estimate of drug-likeness (QED) is 0.861. The first-order valence-electron chi connectivity index (χ1n) is 6.82. The summed E-state index contributed by atoms with van der Waals surface area (Å²) in [6.07, 6.45) is 4.05. The van der Waals surface area contributed by atoms with Gasteiger partial charge in [0.1, 0.15) is 5.82 Å². The molecular weight excluding hydrogens is 228 g/mol. The monoisotopic (exact) mass is 250 g/mol. The maximum absolute atomic E-state index is 12.0. The molecule has 5 heteroatoms. The Morgan fingerprint density at radius 1 is 1.39 bits per heavy atom. The minimum Gasteiger partial charge on any atom is -0.347 e. The second-order valence-electron chi connectivity index (χ2n) is 5.40. The van der Waals surface area contributed by atoms with Crippen molar-refractivity contribution in [2.75, 3.05) is 0 Å². The van der Waals surface area contributed by atoms with Crippen LogP contribution >= 0.6 is 0 Å². The minimum atomic E-state index is -0.155. The molecular formula is C13H22N4O. The van der Waals surface area contributed by atoms with Crippen LogP contribution in [0.2, 0.25) is 0 Å². The van der Waals surface area contributed by atoms with E-state index < -0.39 is 0 Å². The van der Waals surface area contributed by atoms with Crippen molar-refractivity contribution in [3.8, 4) is 0 Å². The zero-order chi connectivity index (χ0) is 13.1. The first-order valence-corrected chi connectivity index (χ1v) is 6.82. The van der Waals surface area contributed by atoms with Crippen LogP contribution < -0.4 is 5.32 Å². The number of hydrogen-bond donors (Lipinski definition) is 2. The highest BCUT2D eigenvalue weighted by Crippen LogP contribution is 2.29. The van der Waals surface area contributed by atoms with Crippen LogP contribution in [0.4, 0.5) is 0 Å². The smallest absolute Gasteiger partial charge is 0.291 e. The van der Waals surface area contributed by atoms with Crippen molar-refractivity contribution in [2.45, 2.75) is 52.5 Å². The predicted octanol–water partition coefficient (Wildman–Crippen LogP) is 1.92. The molecule has 1 aromatic rings. The zero-order valence-electron chi connectivity index (χ0n) is 11.4. The molecule has 1 amide bonds. The number of nitrogens with one attached hydrogen (secondary N) is 2. The SMILES string of the molecule is CCc1nc(C(=O)NC2CCC(C)C(C)C2)n[nH]1. The summed E-state index contributed by atoms with van der Waals surface area (Å²) in [6, 6.07) is 0.271. The summed E-state index contributed by atoms with van der Waals surface area (Å²) >= 11 is 0. The summed E-state index contributed by atoms with van der Waals surface area (Å²) in [5.41, 5.74) is 0. The van der Waals surface area contributed by atoms with Gasteiger partial charge < -0.3 is 5.32 Å². The first kappa shape index (κ1) is 13.1. The van der Waals surface area contributed by atoms with Crippen molar-refractivity contribution >= 4 is 5.91 Å². The second-order valence-corrected chi connectivity index (χ2v) is 5.40. The van der Waals surface area contributed by atoms with Crippen LogP contribution in [0.25, 0.3) is 0 Å². The summed E-state index contributed by atoms with van der Waals surface area (Å²) in [4.78, 5) is 16.1. The Kier molecular flexibility index (Phi) is 3.99. The number of aromatic amines is 1. The van der Waals surface area contributed by atoms with E-state index in [2.05, 4.69) is 34.3 Å². The molecule has 100 valence electrons. The minimum absolute atomic E-state index is 0.155. The van der Waals surface area contributed by atoms with Gasteiger partial charge in [0.15, 0.2) is 0 Å². The molecule has 0 aromatic carbocycles. The highest BCUT2D eigenvalue weighted by Gasteiger charge is 2.26. The molecule has 2 N–H and O–H groups in total. The molecule has 0 aliphatic heterocycles. The molecule has 5 nitrogen and oxygen atoms in total. The summed E-state index contributed by atoms with van der Waals surface area (Å²) in [6.45, 7) is 6.52. The van der Waals surface area contributed by atoms with Gasteiger partial charge >= 0.3 is 0 Å². The second kappa shape index (κ2) is 5.50. The fourth-order valence-electron chi connectivity index (χ4n) is 2.48. The van der Waals surface area contributed by atoms with Crippen molar-refractivity contribution in [1.82, 2.24) is 20.5 Å². The van der Waals surface area contributed by atoms with Crippen molar-refractivity contribution in [3.63, 3.8) is 0 Å². The third-order valence-electron chi connectivity index (χ3n) is 4.00. The number of hydrogen-bond acceptors (Lipinski definition) is 3. The molecule has 1 fully saturated rings. The van der Waals surface area contributed by atoms with Gasteiger partial charge in [0.2, 0.25) is 5.82 Å². The summed E-state index contributed by atoms with van der Waals surface area (Å²) in [5.74, 6) is 2.29. The Balaban J connectivity index is 1.91. The standard InChI is InChI=1S/C13H22N4O/c1-4-11-15-12(17-16-11)13(18)14-10-6-5-8(2)9(3)7-10/h8-10H,4-7H2,1-3H3,(H,14,18)(H,15,16,17). The van der Waals surface area contributed by atoms with Crippen LogP contribution in [0.3, 0.4) is 0 Å². The van der Waals surface area contributed by atoms with Gasteiger partial charge in [0.25, 0.3) is 5.91 Å². The lowest BCUT2D eigenvalue weighted by Gasteiger charge is -2.32. The number of H-pyrrole nitrogens is 1. The normalized spacial score (nSPS) is 28.1. The average molecular weight is 250 g/mol. The topological polar surface area (TPSA) is 70.7 Å². The Hall–Kier alpha value is -1.39. The Bertz CT molecular complexity index is 415. The molecule has 3 atom stereocenters. The van der Waals surface area contributed by atoms with Gasteiger partial charge in [-0.05, 0) is 31.1 Å². The number of carbonyl (C=O) groups excluding carboxylic acids is 1. The summed E-state index contributed by atoms with van der Waals surface area (Å²) in [5, 5.41) is 9.75. The fourth-order valence-corrected chi connectivity index (χ4v) is 2.48. The van der Waals surface area contributed by atoms with E-state index in [1.165, 1.54) is 6.42 Å². The van der Waals surface area contributed by atoms with Crippen molar-refractivity contribution in [1.29, 1.82) is 0 Å². The largest absolute Gasteiger partial charge is 0.347 e. The van der Waals surface area contributed by atoms with E-state index in [-0.39, 0.29) is 17.8 Å². The maximum atomic E-state index is 12.0. The van der Waals surface area contributed by atoms with E-state index in [1.54, 1.807) is 0 Å². The molecule has 0 bridgehead atoms. The molecule has 1 aliphatic carbocycles. The van der Waals surface area contributed by atoms with E-state index in [4.69, 9.17) is 0 Å². The van der Waals surface area contributed by atoms with Gasteiger partial charge in [-0.15, -0.1) is 5.10 Å². The van der Waals surface area contributed by atoms with E-state index in [9.17, 15) is 4.79 Å². The summed E-state index contributed by atoms with van der Waals surface area (Å²) in [7, 11) is 0. The number of aryl methyl sites for hydroxylation is 1. The number of aromatic nitrogens is 3. The van der Waals surface area contributed by atoms with E-state index in [0.29, 0.717) is 5.92 Å². The molecule has 0 radical (unpaired) electrons. The Labute approximate surface area is 108 Å². The van der Waals surface area contributed by atoms with E-state index in [1.807, 2.05) is 6.92 Å². The Morgan fingerprint density at radius 3 is 2.78 bits per heavy atom. The Morgan fingerprint density at radius 2 is 2.17 bits per heavy atom. The molecule has 1 aromatic heterocycles. The first-order chi connectivity index (χ1) is 8.60. The molecule has 3 unspecified atom stereocenters. The van der Waals surface area contributed by atoms with Gasteiger partial charge in [-0.2, -0.15) is 0 Å². The number of amides is 1. The summed E-state index contributed by atoms with van der Waals surface area (Å²) < 4.78 is 0. The van der Waals surface area contributed by atoms with Crippen molar-refractivity contribution < 1.29 is 4.79 Å². The van der Waals surface area contributed by atoms with E-state index >= 15 is 0 Å². The van der Waals surface area contributed by atoms with Crippen molar-refractivity contribution in [2.24, 2.45) is 11.8 Å². The van der Waals surface area contributed by atoms with Gasteiger partial charge in [-0.25, -0.2) is 4.98 Å². The predicted molar refractivity (Wildman–Crippen MR) is 69.2 cm³/mol. The van der Waals surface area contributed by atoms with Gasteiger partial charge in [-0.1, -0.05) is 20.8 Å². The van der Waals surface area contributed by atoms with Gasteiger partial charge in [0, 0.05) is 12.5 Å². The molecule has 1 saturated carbocycles. The third-order valence-corrected chi connectivity index (χ3v) is 4.00. The molecule has 1 aliphatic rings. The third kappa shape index (κ3) is 2.89. The lowest BCUT2D eigenvalue weighted by molar-refractivity contribution is 0.0900. The number of nitrogens with zero attached hydrogens (tertiary/aromatic N) is 2. The van der Waals surface area contributed by atoms with Crippen LogP contribution in [-0.4, -0.2) is 27.1 Å². The van der Waals surface area contributed by atoms with Crippen molar-refractivity contribution in [3.05, 3.63) is 11.6 Å². The van der Waals surface area contributed by atoms with Crippen LogP contribution in [0.15, 0.2) is 0 Å². The average Bonchev–Trinajstić information content (AvgIpc) is 2.82. The molecule has 18 heavy (non-hydrogen) atoms. The highest BCUT2D eigenvalue weighted by molar-refractivity contribution is 5.90. The van der Waals surface area contributed by atoms with Gasteiger partial charge in [-0.3, -0.25) is 9.89 Å². The highest BCUT2D eigenvalue weighted by atomic mass is 16.2. The lowest BCUT2D eigenvalue weighted by atomic mass is 9.79. The fraction of sp³-hybridized carbons (Fsp3) is 0.769. The zero-order valence-corrected chi connectivity index (χ0v) is 11.4. The molecule has 1 heterocycles. The molecule has 0 saturated heterocycles. The number of rotatable bonds is 3. The van der Waals surface area contributed by atoms with Crippen LogP contribution in [0.5, 0.6) is 0 Å². The van der Waals surface area contributed by atoms with Crippen LogP contribution in [0.1, 0.15) is 56.5 Å². The van der Waals surface area contributed by atoms with Crippen LogP contribution in [0, 0.1) is 11.8 Å². The maximum Gasteiger partial charge on any atom is 0.291 e. The molecule has 2 rings (SSSR count). The van der Waals surface area contributed by atoms with Crippen LogP contribution in [-0.2, 0) is 6.42 Å².